The molecule has 0 amide bonds. The van der Waals surface area contributed by atoms with Gasteiger partial charge in [0.2, 0.25) is 0 Å². The first-order valence-electron chi connectivity index (χ1n) is 6.44. The zero-order chi connectivity index (χ0) is 12.6. The van der Waals surface area contributed by atoms with E-state index in [0.29, 0.717) is 6.04 Å². The van der Waals surface area contributed by atoms with Gasteiger partial charge in [0.1, 0.15) is 5.01 Å². The number of thiazole rings is 1. The second-order valence-corrected chi connectivity index (χ2v) is 6.24. The Kier molecular flexibility index (Phi) is 2.96. The van der Waals surface area contributed by atoms with Crippen molar-refractivity contribution in [3.63, 3.8) is 0 Å². The van der Waals surface area contributed by atoms with Gasteiger partial charge < -0.3 is 5.32 Å². The van der Waals surface area contributed by atoms with E-state index < -0.39 is 0 Å². The highest BCUT2D eigenvalue weighted by molar-refractivity contribution is 7.09. The van der Waals surface area contributed by atoms with Crippen LogP contribution in [0.25, 0.3) is 0 Å². The van der Waals surface area contributed by atoms with Crippen molar-refractivity contribution >= 4 is 11.3 Å². The van der Waals surface area contributed by atoms with Crippen LogP contribution in [-0.2, 0) is 18.4 Å². The van der Waals surface area contributed by atoms with Crippen molar-refractivity contribution in [1.29, 1.82) is 0 Å². The maximum absolute atomic E-state index is 4.56. The van der Waals surface area contributed by atoms with E-state index in [1.165, 1.54) is 16.1 Å². The quantitative estimate of drug-likeness (QED) is 0.915. The van der Waals surface area contributed by atoms with Crippen LogP contribution in [0.3, 0.4) is 0 Å². The summed E-state index contributed by atoms with van der Waals surface area (Å²) in [6.07, 6.45) is 4.01. The SMILES string of the molecule is CC(C)NC1(c2nccs2)Cc2ccccc2C1. The minimum absolute atomic E-state index is 0.00597. The Morgan fingerprint density at radius 3 is 2.39 bits per heavy atom. The largest absolute Gasteiger partial charge is 0.303 e. The van der Waals surface area contributed by atoms with Crippen LogP contribution in [-0.4, -0.2) is 11.0 Å². The van der Waals surface area contributed by atoms with Crippen LogP contribution in [0.4, 0.5) is 0 Å². The molecular weight excluding hydrogens is 240 g/mol. The molecular formula is C15H18N2S. The normalized spacial score (nSPS) is 17.1. The van der Waals surface area contributed by atoms with E-state index in [4.69, 9.17) is 0 Å². The Morgan fingerprint density at radius 1 is 1.22 bits per heavy atom. The van der Waals surface area contributed by atoms with Gasteiger partial charge in [0.15, 0.2) is 0 Å². The molecule has 0 fully saturated rings. The summed E-state index contributed by atoms with van der Waals surface area (Å²) in [7, 11) is 0. The second-order valence-electron chi connectivity index (χ2n) is 5.34. The Hall–Kier alpha value is -1.19. The molecule has 0 spiro atoms. The highest BCUT2D eigenvalue weighted by Crippen LogP contribution is 2.38. The lowest BCUT2D eigenvalue weighted by molar-refractivity contribution is 0.317. The lowest BCUT2D eigenvalue weighted by atomic mass is 9.95. The van der Waals surface area contributed by atoms with Gasteiger partial charge in [0.05, 0.1) is 5.54 Å². The molecule has 0 radical (unpaired) electrons. The van der Waals surface area contributed by atoms with Gasteiger partial charge in [0.25, 0.3) is 0 Å². The minimum Gasteiger partial charge on any atom is -0.303 e. The van der Waals surface area contributed by atoms with Crippen molar-refractivity contribution in [2.75, 3.05) is 0 Å². The first kappa shape index (κ1) is 11.9. The van der Waals surface area contributed by atoms with Crippen LogP contribution >= 0.6 is 11.3 Å². The van der Waals surface area contributed by atoms with Crippen molar-refractivity contribution < 1.29 is 0 Å². The fourth-order valence-electron chi connectivity index (χ4n) is 2.94. The van der Waals surface area contributed by atoms with Gasteiger partial charge in [0, 0.05) is 17.6 Å². The van der Waals surface area contributed by atoms with E-state index in [-0.39, 0.29) is 5.54 Å². The molecule has 0 saturated heterocycles. The maximum atomic E-state index is 4.56. The fraction of sp³-hybridized carbons (Fsp3) is 0.400. The van der Waals surface area contributed by atoms with Crippen LogP contribution in [0.5, 0.6) is 0 Å². The molecule has 3 rings (SSSR count). The van der Waals surface area contributed by atoms with Crippen LogP contribution in [0.2, 0.25) is 0 Å². The molecule has 3 heteroatoms. The standard InChI is InChI=1S/C15H18N2S/c1-11(2)17-15(14-16-7-8-18-14)9-12-5-3-4-6-13(12)10-15/h3-8,11,17H,9-10H2,1-2H3. The van der Waals surface area contributed by atoms with E-state index in [9.17, 15) is 0 Å². The summed E-state index contributed by atoms with van der Waals surface area (Å²) in [5.41, 5.74) is 2.92. The van der Waals surface area contributed by atoms with Gasteiger partial charge in [-0.3, -0.25) is 0 Å². The van der Waals surface area contributed by atoms with Gasteiger partial charge in [-0.2, -0.15) is 0 Å². The average molecular weight is 258 g/mol. The molecule has 94 valence electrons. The number of fused-ring (bicyclic) bond motifs is 1. The van der Waals surface area contributed by atoms with Gasteiger partial charge in [-0.1, -0.05) is 24.3 Å². The lowest BCUT2D eigenvalue weighted by Crippen LogP contribution is -2.46. The first-order chi connectivity index (χ1) is 8.70. The second kappa shape index (κ2) is 4.48. The maximum Gasteiger partial charge on any atom is 0.113 e. The fourth-order valence-corrected chi connectivity index (χ4v) is 3.74. The Bertz CT molecular complexity index is 506. The number of aromatic nitrogens is 1. The van der Waals surface area contributed by atoms with Gasteiger partial charge in [-0.25, -0.2) is 4.98 Å². The molecule has 1 heterocycles. The zero-order valence-corrected chi connectivity index (χ0v) is 11.6. The molecule has 2 aromatic rings. The number of nitrogens with one attached hydrogen (secondary N) is 1. The third-order valence-corrected chi connectivity index (χ3v) is 4.49. The molecule has 2 nitrogen and oxygen atoms in total. The molecule has 0 bridgehead atoms. The summed E-state index contributed by atoms with van der Waals surface area (Å²) in [4.78, 5) is 4.56. The molecule has 0 saturated carbocycles. The first-order valence-corrected chi connectivity index (χ1v) is 7.32. The zero-order valence-electron chi connectivity index (χ0n) is 10.8. The van der Waals surface area contributed by atoms with Gasteiger partial charge in [-0.05, 0) is 37.8 Å². The Balaban J connectivity index is 2.00. The van der Waals surface area contributed by atoms with E-state index in [2.05, 4.69) is 53.8 Å². The Morgan fingerprint density at radius 2 is 1.89 bits per heavy atom. The van der Waals surface area contributed by atoms with Crippen molar-refractivity contribution in [2.24, 2.45) is 0 Å². The van der Waals surface area contributed by atoms with Gasteiger partial charge in [-0.15, -0.1) is 11.3 Å². The predicted octanol–water partition coefficient (Wildman–Crippen LogP) is 3.14. The minimum atomic E-state index is 0.00597. The topological polar surface area (TPSA) is 24.9 Å². The van der Waals surface area contributed by atoms with Crippen molar-refractivity contribution in [1.82, 2.24) is 10.3 Å². The van der Waals surface area contributed by atoms with Crippen molar-refractivity contribution in [2.45, 2.75) is 38.3 Å². The number of rotatable bonds is 3. The van der Waals surface area contributed by atoms with Crippen LogP contribution in [0, 0.1) is 0 Å². The molecule has 1 aliphatic carbocycles. The predicted molar refractivity (Wildman–Crippen MR) is 75.9 cm³/mol. The summed E-state index contributed by atoms with van der Waals surface area (Å²) in [6, 6.07) is 9.21. The summed E-state index contributed by atoms with van der Waals surface area (Å²) in [5.74, 6) is 0. The molecule has 0 aliphatic heterocycles. The smallest absolute Gasteiger partial charge is 0.113 e. The number of hydrogen-bond acceptors (Lipinski definition) is 3. The Labute approximate surface area is 112 Å². The van der Waals surface area contributed by atoms with Gasteiger partial charge >= 0.3 is 0 Å². The van der Waals surface area contributed by atoms with Crippen LogP contribution in [0.15, 0.2) is 35.8 Å². The van der Waals surface area contributed by atoms with E-state index in [0.717, 1.165) is 12.8 Å². The molecule has 18 heavy (non-hydrogen) atoms. The number of benzene rings is 1. The van der Waals surface area contributed by atoms with Crippen LogP contribution < -0.4 is 5.32 Å². The van der Waals surface area contributed by atoms with E-state index >= 15 is 0 Å². The molecule has 1 N–H and O–H groups in total. The van der Waals surface area contributed by atoms with Crippen molar-refractivity contribution in [3.05, 3.63) is 52.0 Å². The molecule has 1 aromatic heterocycles. The van der Waals surface area contributed by atoms with E-state index in [1.54, 1.807) is 11.3 Å². The summed E-state index contributed by atoms with van der Waals surface area (Å²) in [5, 5.41) is 7.04. The average Bonchev–Trinajstić information content (AvgIpc) is 2.95. The highest BCUT2D eigenvalue weighted by Gasteiger charge is 2.40. The monoisotopic (exact) mass is 258 g/mol. The summed E-state index contributed by atoms with van der Waals surface area (Å²) in [6.45, 7) is 4.41. The molecule has 0 unspecified atom stereocenters. The molecule has 0 atom stereocenters. The highest BCUT2D eigenvalue weighted by atomic mass is 32.1. The third kappa shape index (κ3) is 1.98. The third-order valence-electron chi connectivity index (χ3n) is 3.51. The summed E-state index contributed by atoms with van der Waals surface area (Å²) >= 11 is 1.76. The molecule has 1 aromatic carbocycles. The lowest BCUT2D eigenvalue weighted by Gasteiger charge is -2.30. The summed E-state index contributed by atoms with van der Waals surface area (Å²) < 4.78 is 0. The molecule has 1 aliphatic rings. The van der Waals surface area contributed by atoms with E-state index in [1.807, 2.05) is 6.20 Å². The number of hydrogen-bond donors (Lipinski definition) is 1. The van der Waals surface area contributed by atoms with Crippen molar-refractivity contribution in [3.8, 4) is 0 Å². The van der Waals surface area contributed by atoms with Crippen LogP contribution in [0.1, 0.15) is 30.0 Å². The number of nitrogens with zero attached hydrogens (tertiary/aromatic N) is 1.